The van der Waals surface area contributed by atoms with Gasteiger partial charge in [-0.2, -0.15) is 0 Å². The summed E-state index contributed by atoms with van der Waals surface area (Å²) in [6, 6.07) is 10.3. The standard InChI is InChI=1S/C9H10.C2H6/c1-2-6-9-7-4-3-5-8-9;1-2/h2-8H,1H3;1-2H3/b6-2-;. The molecule has 0 aliphatic heterocycles. The first kappa shape index (κ1) is 9.96. The molecular formula is C11H16. The molecule has 1 aromatic carbocycles. The smallest absolute Gasteiger partial charge is 0.0260 e. The molecule has 60 valence electrons. The highest BCUT2D eigenvalue weighted by Gasteiger charge is 1.77. The van der Waals surface area contributed by atoms with Crippen molar-refractivity contribution in [1.29, 1.82) is 0 Å². The fourth-order valence-electron chi connectivity index (χ4n) is 0.757. The summed E-state index contributed by atoms with van der Waals surface area (Å²) >= 11 is 0. The Kier molecular flexibility index (Phi) is 6.40. The predicted molar refractivity (Wildman–Crippen MR) is 52.5 cm³/mol. The molecule has 1 rings (SSSR count). The van der Waals surface area contributed by atoms with Crippen LogP contribution in [-0.4, -0.2) is 0 Å². The third-order valence-corrected chi connectivity index (χ3v) is 1.16. The molecule has 0 N–H and O–H groups in total. The van der Waals surface area contributed by atoms with Gasteiger partial charge in [-0.25, -0.2) is 0 Å². The Bertz CT molecular complexity index is 184. The molecule has 0 heteroatoms. The highest BCUT2D eigenvalue weighted by atomic mass is 13.8. The van der Waals surface area contributed by atoms with Crippen molar-refractivity contribution in [3.8, 4) is 0 Å². The van der Waals surface area contributed by atoms with E-state index in [1.807, 2.05) is 45.0 Å². The van der Waals surface area contributed by atoms with Crippen molar-refractivity contribution in [3.05, 3.63) is 42.0 Å². The third-order valence-electron chi connectivity index (χ3n) is 1.16. The van der Waals surface area contributed by atoms with Crippen molar-refractivity contribution >= 4 is 6.08 Å². The van der Waals surface area contributed by atoms with Crippen LogP contribution in [-0.2, 0) is 0 Å². The lowest BCUT2D eigenvalue weighted by atomic mass is 10.2. The summed E-state index contributed by atoms with van der Waals surface area (Å²) in [5.41, 5.74) is 1.26. The Morgan fingerprint density at radius 2 is 1.55 bits per heavy atom. The van der Waals surface area contributed by atoms with Crippen LogP contribution in [0.5, 0.6) is 0 Å². The quantitative estimate of drug-likeness (QED) is 0.569. The lowest BCUT2D eigenvalue weighted by Gasteiger charge is -1.86. The molecule has 0 nitrogen and oxygen atoms in total. The second kappa shape index (κ2) is 7.07. The molecule has 0 aliphatic carbocycles. The molecule has 0 spiro atoms. The van der Waals surface area contributed by atoms with Gasteiger partial charge in [-0.15, -0.1) is 0 Å². The van der Waals surface area contributed by atoms with E-state index in [4.69, 9.17) is 0 Å². The molecular weight excluding hydrogens is 132 g/mol. The van der Waals surface area contributed by atoms with Crippen LogP contribution >= 0.6 is 0 Å². The Morgan fingerprint density at radius 3 is 2.00 bits per heavy atom. The minimum atomic E-state index is 1.26. The van der Waals surface area contributed by atoms with Crippen molar-refractivity contribution in [2.24, 2.45) is 0 Å². The van der Waals surface area contributed by atoms with E-state index in [1.54, 1.807) is 0 Å². The molecule has 0 unspecified atom stereocenters. The predicted octanol–water partition coefficient (Wildman–Crippen LogP) is 3.75. The molecule has 11 heavy (non-hydrogen) atoms. The van der Waals surface area contributed by atoms with Crippen LogP contribution in [0.25, 0.3) is 6.08 Å². The van der Waals surface area contributed by atoms with Crippen LogP contribution in [0.2, 0.25) is 0 Å². The van der Waals surface area contributed by atoms with E-state index >= 15 is 0 Å². The van der Waals surface area contributed by atoms with Gasteiger partial charge in [0.25, 0.3) is 0 Å². The van der Waals surface area contributed by atoms with Crippen LogP contribution in [0.1, 0.15) is 26.3 Å². The molecule has 0 atom stereocenters. The summed E-state index contributed by atoms with van der Waals surface area (Å²) in [6.07, 6.45) is 4.12. The van der Waals surface area contributed by atoms with Gasteiger partial charge < -0.3 is 0 Å². The number of hydrogen-bond donors (Lipinski definition) is 0. The van der Waals surface area contributed by atoms with Crippen LogP contribution in [0.3, 0.4) is 0 Å². The highest BCUT2D eigenvalue weighted by Crippen LogP contribution is 1.99. The summed E-state index contributed by atoms with van der Waals surface area (Å²) in [5.74, 6) is 0. The summed E-state index contributed by atoms with van der Waals surface area (Å²) in [5, 5.41) is 0. The zero-order valence-corrected chi connectivity index (χ0v) is 7.54. The molecule has 0 aromatic heterocycles. The Morgan fingerprint density at radius 1 is 1.00 bits per heavy atom. The number of hydrogen-bond acceptors (Lipinski definition) is 0. The van der Waals surface area contributed by atoms with Crippen LogP contribution in [0.4, 0.5) is 0 Å². The van der Waals surface area contributed by atoms with Gasteiger partial charge in [0, 0.05) is 0 Å². The SMILES string of the molecule is C/C=C\c1ccccc1.CC. The van der Waals surface area contributed by atoms with Crippen molar-refractivity contribution in [3.63, 3.8) is 0 Å². The summed E-state index contributed by atoms with van der Waals surface area (Å²) in [7, 11) is 0. The fourth-order valence-corrected chi connectivity index (χ4v) is 0.757. The normalized spacial score (nSPS) is 9.00. The zero-order valence-electron chi connectivity index (χ0n) is 7.54. The highest BCUT2D eigenvalue weighted by molar-refractivity contribution is 5.47. The molecule has 0 aliphatic rings. The van der Waals surface area contributed by atoms with E-state index in [0.717, 1.165) is 0 Å². The summed E-state index contributed by atoms with van der Waals surface area (Å²) < 4.78 is 0. The topological polar surface area (TPSA) is 0 Å². The van der Waals surface area contributed by atoms with Gasteiger partial charge >= 0.3 is 0 Å². The van der Waals surface area contributed by atoms with E-state index in [9.17, 15) is 0 Å². The van der Waals surface area contributed by atoms with Crippen molar-refractivity contribution in [2.75, 3.05) is 0 Å². The maximum Gasteiger partial charge on any atom is -0.0260 e. The van der Waals surface area contributed by atoms with E-state index in [-0.39, 0.29) is 0 Å². The Labute approximate surface area is 69.6 Å². The molecule has 0 amide bonds. The number of allylic oxidation sites excluding steroid dienone is 1. The molecule has 0 radical (unpaired) electrons. The Hall–Kier alpha value is -1.04. The third kappa shape index (κ3) is 4.38. The van der Waals surface area contributed by atoms with E-state index in [1.165, 1.54) is 5.56 Å². The second-order valence-electron chi connectivity index (χ2n) is 1.91. The lowest BCUT2D eigenvalue weighted by Crippen LogP contribution is -1.65. The minimum Gasteiger partial charge on any atom is -0.0871 e. The molecule has 0 saturated carbocycles. The number of rotatable bonds is 1. The molecule has 0 saturated heterocycles. The second-order valence-corrected chi connectivity index (χ2v) is 1.91. The molecule has 0 bridgehead atoms. The van der Waals surface area contributed by atoms with Crippen LogP contribution in [0.15, 0.2) is 36.4 Å². The van der Waals surface area contributed by atoms with Gasteiger partial charge in [0.1, 0.15) is 0 Å². The first-order chi connectivity index (χ1) is 5.43. The lowest BCUT2D eigenvalue weighted by molar-refractivity contribution is 1.50. The van der Waals surface area contributed by atoms with Crippen molar-refractivity contribution < 1.29 is 0 Å². The van der Waals surface area contributed by atoms with Gasteiger partial charge in [0.15, 0.2) is 0 Å². The largest absolute Gasteiger partial charge is 0.0871 e. The van der Waals surface area contributed by atoms with E-state index < -0.39 is 0 Å². The Balaban J connectivity index is 0.000000461. The average Bonchev–Trinajstić information content (AvgIpc) is 2.11. The maximum atomic E-state index is 2.08. The monoisotopic (exact) mass is 148 g/mol. The summed E-state index contributed by atoms with van der Waals surface area (Å²) in [4.78, 5) is 0. The zero-order chi connectivity index (χ0) is 8.53. The van der Waals surface area contributed by atoms with Crippen molar-refractivity contribution in [2.45, 2.75) is 20.8 Å². The summed E-state index contributed by atoms with van der Waals surface area (Å²) in [6.45, 7) is 6.02. The molecule has 1 aromatic rings. The van der Waals surface area contributed by atoms with Crippen LogP contribution in [0, 0.1) is 0 Å². The van der Waals surface area contributed by atoms with Crippen LogP contribution < -0.4 is 0 Å². The van der Waals surface area contributed by atoms with Gasteiger partial charge in [-0.1, -0.05) is 56.3 Å². The number of benzene rings is 1. The van der Waals surface area contributed by atoms with E-state index in [0.29, 0.717) is 0 Å². The molecule has 0 heterocycles. The van der Waals surface area contributed by atoms with Gasteiger partial charge in [-0.05, 0) is 12.5 Å². The van der Waals surface area contributed by atoms with Gasteiger partial charge in [0.2, 0.25) is 0 Å². The minimum absolute atomic E-state index is 1.26. The first-order valence-corrected chi connectivity index (χ1v) is 4.11. The molecule has 0 fully saturated rings. The first-order valence-electron chi connectivity index (χ1n) is 4.11. The average molecular weight is 148 g/mol. The van der Waals surface area contributed by atoms with E-state index in [2.05, 4.69) is 18.2 Å². The van der Waals surface area contributed by atoms with Crippen molar-refractivity contribution in [1.82, 2.24) is 0 Å². The van der Waals surface area contributed by atoms with Gasteiger partial charge in [0.05, 0.1) is 0 Å². The van der Waals surface area contributed by atoms with Gasteiger partial charge in [-0.3, -0.25) is 0 Å². The maximum absolute atomic E-state index is 2.08. The fraction of sp³-hybridized carbons (Fsp3) is 0.273.